The normalized spacial score (nSPS) is 10.3. The molecule has 1 heterocycles. The van der Waals surface area contributed by atoms with Crippen molar-refractivity contribution in [3.05, 3.63) is 58.0 Å². The van der Waals surface area contributed by atoms with Crippen molar-refractivity contribution in [3.63, 3.8) is 0 Å². The number of aromatic nitrogens is 1. The molecule has 20 heavy (non-hydrogen) atoms. The lowest BCUT2D eigenvalue weighted by Crippen LogP contribution is -2.20. The van der Waals surface area contributed by atoms with Crippen LogP contribution in [0.3, 0.4) is 0 Å². The highest BCUT2D eigenvalue weighted by atomic mass is 16.1. The van der Waals surface area contributed by atoms with Crippen LogP contribution in [0.15, 0.2) is 41.3 Å². The zero-order valence-electron chi connectivity index (χ0n) is 11.5. The lowest BCUT2D eigenvalue weighted by Gasteiger charge is -2.10. The number of pyridine rings is 1. The van der Waals surface area contributed by atoms with Gasteiger partial charge in [-0.2, -0.15) is 0 Å². The first-order chi connectivity index (χ1) is 9.51. The van der Waals surface area contributed by atoms with Gasteiger partial charge in [-0.05, 0) is 37.6 Å². The van der Waals surface area contributed by atoms with Crippen molar-refractivity contribution in [1.29, 1.82) is 0 Å². The summed E-state index contributed by atoms with van der Waals surface area (Å²) in [5, 5.41) is 2.77. The molecule has 0 aliphatic carbocycles. The molecule has 0 bridgehead atoms. The second kappa shape index (κ2) is 5.61. The molecule has 3 N–H and O–H groups in total. The van der Waals surface area contributed by atoms with Crippen LogP contribution in [-0.2, 0) is 6.54 Å². The van der Waals surface area contributed by atoms with E-state index < -0.39 is 0 Å². The number of hydrogen-bond donors (Lipinski definition) is 2. The number of benzene rings is 1. The molecule has 1 amide bonds. The van der Waals surface area contributed by atoms with Gasteiger partial charge in [-0.15, -0.1) is 0 Å². The minimum atomic E-state index is -0.240. The minimum absolute atomic E-state index is 0.0920. The number of carbonyl (C=O) groups is 1. The van der Waals surface area contributed by atoms with Crippen LogP contribution in [-0.4, -0.2) is 10.5 Å². The van der Waals surface area contributed by atoms with Crippen molar-refractivity contribution in [2.24, 2.45) is 0 Å². The van der Waals surface area contributed by atoms with E-state index in [-0.39, 0.29) is 11.5 Å². The second-order valence-electron chi connectivity index (χ2n) is 4.57. The van der Waals surface area contributed by atoms with Gasteiger partial charge in [0.25, 0.3) is 11.5 Å². The smallest absolute Gasteiger partial charge is 0.256 e. The van der Waals surface area contributed by atoms with Gasteiger partial charge >= 0.3 is 0 Å². The number of nitrogens with one attached hydrogen (secondary N) is 1. The predicted octanol–water partition coefficient (Wildman–Crippen LogP) is 2.01. The van der Waals surface area contributed by atoms with E-state index in [1.165, 1.54) is 10.6 Å². The zero-order valence-corrected chi connectivity index (χ0v) is 11.5. The number of amides is 1. The summed E-state index contributed by atoms with van der Waals surface area (Å²) in [6.45, 7) is 4.27. The van der Waals surface area contributed by atoms with Gasteiger partial charge in [-0.3, -0.25) is 9.59 Å². The molecule has 0 saturated heterocycles. The Bertz CT molecular complexity index is 705. The Morgan fingerprint density at radius 3 is 2.75 bits per heavy atom. The van der Waals surface area contributed by atoms with Crippen LogP contribution in [0.4, 0.5) is 11.4 Å². The maximum Gasteiger partial charge on any atom is 0.256 e. The van der Waals surface area contributed by atoms with Gasteiger partial charge in [-0.25, -0.2) is 0 Å². The fourth-order valence-electron chi connectivity index (χ4n) is 1.94. The highest BCUT2D eigenvalue weighted by Gasteiger charge is 2.10. The number of nitrogens with zero attached hydrogens (tertiary/aromatic N) is 1. The van der Waals surface area contributed by atoms with Crippen molar-refractivity contribution < 1.29 is 4.79 Å². The lowest BCUT2D eigenvalue weighted by atomic mass is 10.1. The van der Waals surface area contributed by atoms with E-state index in [0.717, 1.165) is 5.56 Å². The summed E-state index contributed by atoms with van der Waals surface area (Å²) in [5.41, 5.74) is 8.10. The predicted molar refractivity (Wildman–Crippen MR) is 79.9 cm³/mol. The summed E-state index contributed by atoms with van der Waals surface area (Å²) in [5.74, 6) is -0.240. The minimum Gasteiger partial charge on any atom is -0.399 e. The van der Waals surface area contributed by atoms with Crippen molar-refractivity contribution in [1.82, 2.24) is 4.57 Å². The summed E-state index contributed by atoms with van der Waals surface area (Å²) in [6, 6.07) is 8.22. The number of nitrogen functional groups attached to an aromatic ring is 1. The second-order valence-corrected chi connectivity index (χ2v) is 4.57. The van der Waals surface area contributed by atoms with E-state index in [2.05, 4.69) is 5.32 Å². The number of nitrogens with two attached hydrogens (primary N) is 1. The van der Waals surface area contributed by atoms with Gasteiger partial charge in [0.2, 0.25) is 0 Å². The van der Waals surface area contributed by atoms with Crippen LogP contribution in [0, 0.1) is 6.92 Å². The van der Waals surface area contributed by atoms with Crippen molar-refractivity contribution >= 4 is 17.3 Å². The van der Waals surface area contributed by atoms with Crippen molar-refractivity contribution in [2.45, 2.75) is 20.4 Å². The SMILES string of the molecule is CCn1cc(NC(=O)c2cc(N)ccc2C)ccc1=O. The summed E-state index contributed by atoms with van der Waals surface area (Å²) in [7, 11) is 0. The van der Waals surface area contributed by atoms with Crippen LogP contribution in [0.1, 0.15) is 22.8 Å². The maximum absolute atomic E-state index is 12.2. The molecule has 0 radical (unpaired) electrons. The average Bonchev–Trinajstić information content (AvgIpc) is 2.43. The fourth-order valence-corrected chi connectivity index (χ4v) is 1.94. The molecule has 5 heteroatoms. The third kappa shape index (κ3) is 2.88. The molecule has 0 atom stereocenters. The van der Waals surface area contributed by atoms with Gasteiger partial charge in [0.05, 0.1) is 5.69 Å². The van der Waals surface area contributed by atoms with Crippen LogP contribution in [0.2, 0.25) is 0 Å². The standard InChI is InChI=1S/C15H17N3O2/c1-3-18-9-12(6-7-14(18)19)17-15(20)13-8-11(16)5-4-10(13)2/h4-9H,3,16H2,1-2H3,(H,17,20). The summed E-state index contributed by atoms with van der Waals surface area (Å²) >= 11 is 0. The zero-order chi connectivity index (χ0) is 14.7. The van der Waals surface area contributed by atoms with E-state index in [1.807, 2.05) is 13.8 Å². The summed E-state index contributed by atoms with van der Waals surface area (Å²) < 4.78 is 1.53. The van der Waals surface area contributed by atoms with Gasteiger partial charge in [0.1, 0.15) is 0 Å². The van der Waals surface area contributed by atoms with E-state index in [4.69, 9.17) is 5.73 Å². The summed E-state index contributed by atoms with van der Waals surface area (Å²) in [6.07, 6.45) is 1.63. The molecule has 0 unspecified atom stereocenters. The molecule has 2 rings (SSSR count). The van der Waals surface area contributed by atoms with Crippen LogP contribution in [0.25, 0.3) is 0 Å². The Hall–Kier alpha value is -2.56. The number of aryl methyl sites for hydroxylation is 2. The van der Waals surface area contributed by atoms with Crippen molar-refractivity contribution in [3.8, 4) is 0 Å². The first kappa shape index (κ1) is 13.9. The summed E-state index contributed by atoms with van der Waals surface area (Å²) in [4.78, 5) is 23.7. The monoisotopic (exact) mass is 271 g/mol. The quantitative estimate of drug-likeness (QED) is 0.838. The van der Waals surface area contributed by atoms with Gasteiger partial charge in [0.15, 0.2) is 0 Å². The van der Waals surface area contributed by atoms with E-state index in [0.29, 0.717) is 23.5 Å². The van der Waals surface area contributed by atoms with E-state index in [9.17, 15) is 9.59 Å². The molecule has 5 nitrogen and oxygen atoms in total. The number of carbonyl (C=O) groups excluding carboxylic acids is 1. The Labute approximate surface area is 117 Å². The van der Waals surface area contributed by atoms with Crippen LogP contribution in [0.5, 0.6) is 0 Å². The molecule has 0 aliphatic heterocycles. The Morgan fingerprint density at radius 1 is 1.30 bits per heavy atom. The molecule has 0 aliphatic rings. The Balaban J connectivity index is 2.28. The largest absolute Gasteiger partial charge is 0.399 e. The topological polar surface area (TPSA) is 77.1 Å². The van der Waals surface area contributed by atoms with Crippen LogP contribution < -0.4 is 16.6 Å². The lowest BCUT2D eigenvalue weighted by molar-refractivity contribution is 0.102. The molecule has 0 fully saturated rings. The van der Waals surface area contributed by atoms with Crippen molar-refractivity contribution in [2.75, 3.05) is 11.1 Å². The number of anilines is 2. The van der Waals surface area contributed by atoms with E-state index in [1.54, 1.807) is 30.5 Å². The maximum atomic E-state index is 12.2. The highest BCUT2D eigenvalue weighted by Crippen LogP contribution is 2.15. The first-order valence-electron chi connectivity index (χ1n) is 6.39. The first-order valence-corrected chi connectivity index (χ1v) is 6.39. The third-order valence-electron chi connectivity index (χ3n) is 3.09. The average molecular weight is 271 g/mol. The molecule has 1 aromatic carbocycles. The number of hydrogen-bond acceptors (Lipinski definition) is 3. The van der Waals surface area contributed by atoms with Gasteiger partial charge < -0.3 is 15.6 Å². The molecule has 1 aromatic heterocycles. The molecule has 104 valence electrons. The Kier molecular flexibility index (Phi) is 3.89. The van der Waals surface area contributed by atoms with E-state index >= 15 is 0 Å². The molecular weight excluding hydrogens is 254 g/mol. The molecular formula is C15H17N3O2. The van der Waals surface area contributed by atoms with Crippen LogP contribution >= 0.6 is 0 Å². The van der Waals surface area contributed by atoms with Gasteiger partial charge in [-0.1, -0.05) is 6.07 Å². The highest BCUT2D eigenvalue weighted by molar-refractivity contribution is 6.05. The molecule has 0 spiro atoms. The third-order valence-corrected chi connectivity index (χ3v) is 3.09. The Morgan fingerprint density at radius 2 is 2.05 bits per heavy atom. The fraction of sp³-hybridized carbons (Fsp3) is 0.200. The molecule has 0 saturated carbocycles. The molecule has 2 aromatic rings. The van der Waals surface area contributed by atoms with Gasteiger partial charge in [0, 0.05) is 30.1 Å². The number of rotatable bonds is 3.